The molecule has 9 nitrogen and oxygen atoms in total. The summed E-state index contributed by atoms with van der Waals surface area (Å²) in [5, 5.41) is 14.1. The summed E-state index contributed by atoms with van der Waals surface area (Å²) in [5.74, 6) is 0.982. The number of hydrogen-bond donors (Lipinski definition) is 2. The second-order valence-electron chi connectivity index (χ2n) is 9.18. The number of hydrogen-bond acceptors (Lipinski definition) is 7. The number of halogens is 1. The summed E-state index contributed by atoms with van der Waals surface area (Å²) in [6.07, 6.45) is 21.5. The maximum Gasteiger partial charge on any atom is 0.223 e. The molecule has 10 heteroatoms. The fourth-order valence-corrected chi connectivity index (χ4v) is 3.59. The van der Waals surface area contributed by atoms with Crippen LogP contribution in [0.25, 0.3) is 16.6 Å². The average Bonchev–Trinajstić information content (AvgIpc) is 3.67. The van der Waals surface area contributed by atoms with Gasteiger partial charge in [-0.2, -0.15) is 4.52 Å². The highest BCUT2D eigenvalue weighted by atomic mass is 19.1. The number of ether oxygens (including phenoxy) is 1. The van der Waals surface area contributed by atoms with Crippen LogP contribution in [0, 0.1) is 37.4 Å². The lowest BCUT2D eigenvalue weighted by molar-refractivity contribution is -0.118. The molecule has 0 unspecified atom stereocenters. The van der Waals surface area contributed by atoms with E-state index in [4.69, 9.17) is 15.6 Å². The SMILES string of the molecule is C#C.C#C.CC(C)(O)C1CC1.COc1cc2nc(N)n3nc(CCC[C@H](C)N(C)C=O)nc3c2cc1F. The fraction of sp³-hybridized carbons (Fsp3) is 0.481. The van der Waals surface area contributed by atoms with Crippen molar-refractivity contribution in [3.8, 4) is 31.4 Å². The van der Waals surface area contributed by atoms with E-state index in [1.165, 1.54) is 36.6 Å². The molecule has 1 fully saturated rings. The summed E-state index contributed by atoms with van der Waals surface area (Å²) in [5.41, 5.74) is 6.53. The van der Waals surface area contributed by atoms with E-state index in [0.717, 1.165) is 19.3 Å². The first-order valence-corrected chi connectivity index (χ1v) is 11.8. The average molecular weight is 513 g/mol. The first-order valence-electron chi connectivity index (χ1n) is 11.8. The molecule has 0 radical (unpaired) electrons. The molecule has 1 atom stereocenters. The zero-order valence-electron chi connectivity index (χ0n) is 22.2. The summed E-state index contributed by atoms with van der Waals surface area (Å²) in [4.78, 5) is 21.2. The lowest BCUT2D eigenvalue weighted by atomic mass is 10.0. The van der Waals surface area contributed by atoms with Crippen molar-refractivity contribution in [2.24, 2.45) is 5.92 Å². The number of aryl methyl sites for hydroxylation is 1. The standard InChI is InChI=1S/C17H21FN6O2.C6H12O.2C2H2/c1-10(23(2)9-25)5-4-6-15-21-16-11-7-12(18)14(26-3)8-13(11)20-17(19)24(16)22-15;1-6(2,7)5-3-4-5;2*1-2/h7-10H,4-6H2,1-3H3,(H2,19,20);5,7H,3-4H2,1-2H3;2*1-2H/t10-;;;/m0.../s1. The van der Waals surface area contributed by atoms with Crippen molar-refractivity contribution in [1.29, 1.82) is 0 Å². The quantitative estimate of drug-likeness (QED) is 0.350. The van der Waals surface area contributed by atoms with Crippen LogP contribution in [-0.2, 0) is 11.2 Å². The molecule has 4 rings (SSSR count). The van der Waals surface area contributed by atoms with Crippen LogP contribution in [0.2, 0.25) is 0 Å². The van der Waals surface area contributed by atoms with Crippen molar-refractivity contribution in [1.82, 2.24) is 24.5 Å². The van der Waals surface area contributed by atoms with Gasteiger partial charge < -0.3 is 20.5 Å². The van der Waals surface area contributed by atoms with Crippen LogP contribution >= 0.6 is 0 Å². The van der Waals surface area contributed by atoms with E-state index < -0.39 is 5.82 Å². The second-order valence-corrected chi connectivity index (χ2v) is 9.18. The Balaban J connectivity index is 0.000000525. The van der Waals surface area contributed by atoms with Gasteiger partial charge in [0.15, 0.2) is 23.0 Å². The number of benzene rings is 1. The zero-order chi connectivity index (χ0) is 28.3. The summed E-state index contributed by atoms with van der Waals surface area (Å²) in [6.45, 7) is 5.74. The van der Waals surface area contributed by atoms with Crippen molar-refractivity contribution >= 4 is 28.9 Å². The van der Waals surface area contributed by atoms with E-state index in [1.54, 1.807) is 11.9 Å². The topological polar surface area (TPSA) is 119 Å². The van der Waals surface area contributed by atoms with Gasteiger partial charge in [-0.1, -0.05) is 0 Å². The molecule has 2 aromatic heterocycles. The van der Waals surface area contributed by atoms with Crippen LogP contribution in [0.4, 0.5) is 10.3 Å². The van der Waals surface area contributed by atoms with Gasteiger partial charge in [-0.05, 0) is 58.4 Å². The van der Waals surface area contributed by atoms with Gasteiger partial charge in [0, 0.05) is 31.0 Å². The maximum atomic E-state index is 14.1. The molecule has 0 saturated heterocycles. The number of methoxy groups -OCH3 is 1. The number of aromatic nitrogens is 4. The van der Waals surface area contributed by atoms with Gasteiger partial charge in [-0.15, -0.1) is 30.8 Å². The molecule has 1 aromatic carbocycles. The summed E-state index contributed by atoms with van der Waals surface area (Å²) >= 11 is 0. The molecule has 1 saturated carbocycles. The molecule has 1 aliphatic rings. The first-order chi connectivity index (χ1) is 17.5. The molecule has 0 spiro atoms. The van der Waals surface area contributed by atoms with E-state index in [-0.39, 0.29) is 23.3 Å². The van der Waals surface area contributed by atoms with Crippen LogP contribution in [0.5, 0.6) is 5.75 Å². The monoisotopic (exact) mass is 512 g/mol. The van der Waals surface area contributed by atoms with E-state index in [1.807, 2.05) is 20.8 Å². The minimum Gasteiger partial charge on any atom is -0.494 e. The number of amides is 1. The molecule has 37 heavy (non-hydrogen) atoms. The van der Waals surface area contributed by atoms with Crippen molar-refractivity contribution in [2.75, 3.05) is 19.9 Å². The number of carbonyl (C=O) groups is 1. The number of nitrogen functional groups attached to an aromatic ring is 1. The highest BCUT2D eigenvalue weighted by Crippen LogP contribution is 2.38. The van der Waals surface area contributed by atoms with Gasteiger partial charge in [0.25, 0.3) is 0 Å². The largest absolute Gasteiger partial charge is 0.494 e. The minimum atomic E-state index is -0.497. The third kappa shape index (κ3) is 8.33. The smallest absolute Gasteiger partial charge is 0.223 e. The van der Waals surface area contributed by atoms with Gasteiger partial charge in [0.1, 0.15) is 0 Å². The normalized spacial score (nSPS) is 13.2. The molecular formula is C27H37FN6O3. The van der Waals surface area contributed by atoms with Crippen LogP contribution in [0.1, 0.15) is 52.3 Å². The lowest BCUT2D eigenvalue weighted by Crippen LogP contribution is -2.27. The number of fused-ring (bicyclic) bond motifs is 3. The number of carbonyl (C=O) groups excluding carboxylic acids is 1. The van der Waals surface area contributed by atoms with Gasteiger partial charge in [0.05, 0.1) is 18.2 Å². The Morgan fingerprint density at radius 1 is 1.30 bits per heavy atom. The predicted octanol–water partition coefficient (Wildman–Crippen LogP) is 3.47. The van der Waals surface area contributed by atoms with E-state index in [2.05, 4.69) is 40.8 Å². The number of aliphatic hydroxyl groups is 1. The Hall–Kier alpha value is -3.89. The Bertz CT molecular complexity index is 1210. The van der Waals surface area contributed by atoms with Crippen LogP contribution in [0.15, 0.2) is 12.1 Å². The third-order valence-corrected chi connectivity index (χ3v) is 6.07. The molecule has 1 amide bonds. The molecule has 3 aromatic rings. The first kappa shape index (κ1) is 31.1. The molecule has 0 bridgehead atoms. The van der Waals surface area contributed by atoms with Crippen LogP contribution in [0.3, 0.4) is 0 Å². The molecule has 2 heterocycles. The predicted molar refractivity (Wildman–Crippen MR) is 144 cm³/mol. The lowest BCUT2D eigenvalue weighted by Gasteiger charge is -2.19. The summed E-state index contributed by atoms with van der Waals surface area (Å²) in [7, 11) is 3.15. The number of anilines is 1. The zero-order valence-corrected chi connectivity index (χ0v) is 22.2. The van der Waals surface area contributed by atoms with Gasteiger partial charge in [-0.25, -0.2) is 14.4 Å². The van der Waals surface area contributed by atoms with E-state index in [9.17, 15) is 9.18 Å². The molecule has 0 aliphatic heterocycles. The van der Waals surface area contributed by atoms with Crippen molar-refractivity contribution in [3.63, 3.8) is 0 Å². The molecular weight excluding hydrogens is 475 g/mol. The summed E-state index contributed by atoms with van der Waals surface area (Å²) in [6, 6.07) is 2.96. The second kappa shape index (κ2) is 14.0. The van der Waals surface area contributed by atoms with E-state index in [0.29, 0.717) is 34.7 Å². The Labute approximate surface area is 218 Å². The Morgan fingerprint density at radius 3 is 2.41 bits per heavy atom. The highest BCUT2D eigenvalue weighted by Gasteiger charge is 2.35. The minimum absolute atomic E-state index is 0.0989. The Morgan fingerprint density at radius 2 is 1.92 bits per heavy atom. The van der Waals surface area contributed by atoms with Crippen molar-refractivity contribution in [2.45, 2.75) is 64.5 Å². The van der Waals surface area contributed by atoms with Gasteiger partial charge in [-0.3, -0.25) is 4.79 Å². The van der Waals surface area contributed by atoms with Gasteiger partial charge in [0.2, 0.25) is 12.4 Å². The number of nitrogens with two attached hydrogens (primary N) is 1. The molecule has 3 N–H and O–H groups in total. The molecule has 200 valence electrons. The van der Waals surface area contributed by atoms with Crippen LogP contribution < -0.4 is 10.5 Å². The van der Waals surface area contributed by atoms with E-state index >= 15 is 0 Å². The molecule has 1 aliphatic carbocycles. The third-order valence-electron chi connectivity index (χ3n) is 6.07. The number of nitrogens with zero attached hydrogens (tertiary/aromatic N) is 5. The Kier molecular flexibility index (Phi) is 11.8. The fourth-order valence-electron chi connectivity index (χ4n) is 3.59. The maximum absolute atomic E-state index is 14.1. The highest BCUT2D eigenvalue weighted by molar-refractivity contribution is 5.93. The van der Waals surface area contributed by atoms with Crippen LogP contribution in [-0.4, -0.2) is 61.8 Å². The number of rotatable bonds is 8. The van der Waals surface area contributed by atoms with Crippen molar-refractivity contribution in [3.05, 3.63) is 23.8 Å². The van der Waals surface area contributed by atoms with Crippen molar-refractivity contribution < 1.29 is 19.0 Å². The van der Waals surface area contributed by atoms with Gasteiger partial charge >= 0.3 is 0 Å². The number of terminal acetylenes is 2. The summed E-state index contributed by atoms with van der Waals surface area (Å²) < 4.78 is 20.5.